The van der Waals surface area contributed by atoms with E-state index in [0.717, 1.165) is 21.4 Å². The Balaban J connectivity index is 1.27. The van der Waals surface area contributed by atoms with Crippen molar-refractivity contribution in [1.29, 1.82) is 0 Å². The van der Waals surface area contributed by atoms with E-state index in [1.807, 2.05) is 72.1 Å². The third-order valence-corrected chi connectivity index (χ3v) is 17.6. The molecule has 0 spiro atoms. The summed E-state index contributed by atoms with van der Waals surface area (Å²) in [6.07, 6.45) is 1.53. The largest absolute Gasteiger partial charge is 0.459 e. The summed E-state index contributed by atoms with van der Waals surface area (Å²) in [7, 11) is 6.89. The quantitative estimate of drug-likeness (QED) is 0.0203. The van der Waals surface area contributed by atoms with Gasteiger partial charge in [0.15, 0.2) is 18.5 Å². The number of rotatable bonds is 21. The standard InChI is InChI=1S/C59H94FN6O14S/c1-16-48-59(10,70)54(68)38(5)51(62-75-34-81-15)35(2)27-58(9,74-14)55(39(6)52(40(7)56(69)78-48)79-50-29-57(8,73-13)28-37(4)77-50)80-49-26-46(25-36(3)76-49)64(11)24-23-44-32-65(63-61-44)47(30-60)53(72-12)42-19-17-41(18-20-42)43-21-22-45(33-67)66(71)31-43/h17-22,31-32,35-40,46-50,52-55,67-68,70-71H,16,23-30,33-34H2,1-15H3/q+1/b62-51-/t35-,36-,37+,38+,39+,40-,46+,47-,48-,49+,50+,52?,53-,54-,55-,57+,58-,59-/m1/s1. The maximum Gasteiger partial charge on any atom is 0.311 e. The molecule has 0 radical (unpaired) electrons. The smallest absolute Gasteiger partial charge is 0.311 e. The van der Waals surface area contributed by atoms with Gasteiger partial charge < -0.3 is 63.0 Å². The number of cyclic esters (lactones) is 1. The molecule has 0 saturated carbocycles. The first-order valence-corrected chi connectivity index (χ1v) is 30.0. The highest BCUT2D eigenvalue weighted by molar-refractivity contribution is 7.98. The second-order valence-corrected chi connectivity index (χ2v) is 24.4. The van der Waals surface area contributed by atoms with Crippen LogP contribution in [0.15, 0.2) is 53.9 Å². The number of benzene rings is 1. The molecule has 81 heavy (non-hydrogen) atoms. The van der Waals surface area contributed by atoms with Crippen molar-refractivity contribution < 1.29 is 77.2 Å². The Kier molecular flexibility index (Phi) is 23.9. The monoisotopic (exact) mass is 1160 g/mol. The Labute approximate surface area is 483 Å². The predicted molar refractivity (Wildman–Crippen MR) is 303 cm³/mol. The van der Waals surface area contributed by atoms with E-state index in [2.05, 4.69) is 27.4 Å². The first kappa shape index (κ1) is 66.2. The lowest BCUT2D eigenvalue weighted by Crippen LogP contribution is -2.59. The molecule has 456 valence electrons. The summed E-state index contributed by atoms with van der Waals surface area (Å²) in [4.78, 5) is 22.7. The van der Waals surface area contributed by atoms with Gasteiger partial charge in [0.1, 0.15) is 37.1 Å². The van der Waals surface area contributed by atoms with Crippen LogP contribution < -0.4 is 4.73 Å². The van der Waals surface area contributed by atoms with E-state index in [4.69, 9.17) is 42.7 Å². The number of aliphatic hydroxyl groups is 3. The van der Waals surface area contributed by atoms with E-state index in [1.165, 1.54) is 36.7 Å². The second kappa shape index (κ2) is 29.3. The van der Waals surface area contributed by atoms with Crippen molar-refractivity contribution in [3.63, 3.8) is 0 Å². The van der Waals surface area contributed by atoms with Crippen LogP contribution in [0.2, 0.25) is 0 Å². The van der Waals surface area contributed by atoms with E-state index in [1.54, 1.807) is 53.3 Å². The van der Waals surface area contributed by atoms with Gasteiger partial charge in [-0.25, -0.2) is 9.07 Å². The van der Waals surface area contributed by atoms with Crippen LogP contribution in [0.4, 0.5) is 4.39 Å². The van der Waals surface area contributed by atoms with Gasteiger partial charge in [0.25, 0.3) is 5.69 Å². The van der Waals surface area contributed by atoms with Gasteiger partial charge in [-0.2, -0.15) is 0 Å². The molecular formula is C59H94FN6O14S+. The lowest BCUT2D eigenvalue weighted by atomic mass is 9.73. The minimum absolute atomic E-state index is 0.0110. The third-order valence-electron chi connectivity index (χ3n) is 17.3. The number of hydrogen-bond acceptors (Lipinski definition) is 19. The molecule has 1 aromatic carbocycles. The van der Waals surface area contributed by atoms with Gasteiger partial charge >= 0.3 is 5.97 Å². The summed E-state index contributed by atoms with van der Waals surface area (Å²) in [5.41, 5.74) is 0.217. The number of carbonyl (C=O) groups is 1. The van der Waals surface area contributed by atoms with Crippen molar-refractivity contribution in [3.05, 3.63) is 65.7 Å². The number of carbonyl (C=O) groups excluding carboxylic acids is 1. The minimum Gasteiger partial charge on any atom is -0.459 e. The Bertz CT molecular complexity index is 2480. The molecule has 0 bridgehead atoms. The van der Waals surface area contributed by atoms with E-state index in [0.29, 0.717) is 62.2 Å². The van der Waals surface area contributed by atoms with Crippen LogP contribution in [-0.4, -0.2) is 178 Å². The molecule has 18 atom stereocenters. The number of methoxy groups -OCH3 is 3. The summed E-state index contributed by atoms with van der Waals surface area (Å²) in [5, 5.41) is 57.4. The van der Waals surface area contributed by atoms with E-state index in [-0.39, 0.29) is 37.2 Å². The van der Waals surface area contributed by atoms with E-state index >= 15 is 4.39 Å². The number of alkyl halides is 1. The number of pyridine rings is 1. The van der Waals surface area contributed by atoms with Crippen molar-refractivity contribution in [1.82, 2.24) is 19.9 Å². The number of oxime groups is 1. The van der Waals surface area contributed by atoms with Crippen LogP contribution in [0.1, 0.15) is 137 Å². The van der Waals surface area contributed by atoms with Crippen molar-refractivity contribution >= 4 is 23.4 Å². The Morgan fingerprint density at radius 3 is 2.25 bits per heavy atom. The Morgan fingerprint density at radius 1 is 0.938 bits per heavy atom. The van der Waals surface area contributed by atoms with Crippen molar-refractivity contribution in [2.75, 3.05) is 53.8 Å². The summed E-state index contributed by atoms with van der Waals surface area (Å²) in [6, 6.07) is 10.1. The highest BCUT2D eigenvalue weighted by Gasteiger charge is 2.52. The zero-order chi connectivity index (χ0) is 59.6. The third kappa shape index (κ3) is 16.1. The fourth-order valence-electron chi connectivity index (χ4n) is 12.4. The first-order valence-electron chi connectivity index (χ1n) is 28.6. The molecule has 0 amide bonds. The molecule has 3 aromatic rings. The van der Waals surface area contributed by atoms with Crippen LogP contribution in [0.3, 0.4) is 0 Å². The number of likely N-dealkylation sites (N-methyl/N-ethyl adjacent to an activating group) is 1. The van der Waals surface area contributed by atoms with Crippen LogP contribution >= 0.6 is 11.8 Å². The number of esters is 1. The number of ether oxygens (including phenoxy) is 8. The molecule has 0 aliphatic carbocycles. The van der Waals surface area contributed by atoms with Crippen molar-refractivity contribution in [3.8, 4) is 11.1 Å². The average Bonchev–Trinajstić information content (AvgIpc) is 3.93. The number of thioether (sulfide) groups is 1. The fourth-order valence-corrected chi connectivity index (χ4v) is 12.6. The molecule has 3 aliphatic heterocycles. The normalized spacial score (nSPS) is 35.1. The molecule has 3 aliphatic rings. The molecule has 2 aromatic heterocycles. The number of halogens is 1. The zero-order valence-corrected chi connectivity index (χ0v) is 51.2. The lowest BCUT2D eigenvalue weighted by molar-refractivity contribution is -0.910. The molecule has 1 unspecified atom stereocenters. The second-order valence-electron chi connectivity index (χ2n) is 23.5. The first-order chi connectivity index (χ1) is 38.4. The van der Waals surface area contributed by atoms with Gasteiger partial charge in [-0.1, -0.05) is 62.3 Å². The molecule has 3 saturated heterocycles. The van der Waals surface area contributed by atoms with Crippen molar-refractivity contribution in [2.24, 2.45) is 28.8 Å². The highest BCUT2D eigenvalue weighted by atomic mass is 32.2. The van der Waals surface area contributed by atoms with Crippen LogP contribution in [0, 0.1) is 23.7 Å². The van der Waals surface area contributed by atoms with Crippen molar-refractivity contribution in [2.45, 2.75) is 205 Å². The van der Waals surface area contributed by atoms with E-state index < -0.39 is 102 Å². The zero-order valence-electron chi connectivity index (χ0n) is 50.4. The molecule has 3 fully saturated rings. The molecule has 20 nitrogen and oxygen atoms in total. The molecule has 5 heterocycles. The van der Waals surface area contributed by atoms with Gasteiger partial charge in [-0.3, -0.25) is 10.0 Å². The SMILES string of the molecule is CC[C@H]1OC(=O)[C@H](C)C(O[C@H]2C[C@@](C)(OC)C[C@H](C)O2)[C@H](C)[C@@H](O[C@H]2C[C@@H](N(C)CCc3cn([C@H](CF)[C@H](OC)c4ccc(-c5ccc(CO)[n+](O)c5)cc4)nn3)C[C@@H](C)O2)[C@](C)(OC)C[C@@H](C)/C(=N/OCSC)[C@H](C)[C@@H](O)[C@]1(C)O. The summed E-state index contributed by atoms with van der Waals surface area (Å²) < 4.78 is 69.7. The summed E-state index contributed by atoms with van der Waals surface area (Å²) >= 11 is 1.45. The van der Waals surface area contributed by atoms with Gasteiger partial charge in [0.05, 0.1) is 64.6 Å². The molecule has 4 N–H and O–H groups in total. The summed E-state index contributed by atoms with van der Waals surface area (Å²) in [6.45, 7) is 18.3. The van der Waals surface area contributed by atoms with Gasteiger partial charge in [0, 0.05) is 94.3 Å². The number of aliphatic hydroxyl groups excluding tert-OH is 2. The van der Waals surface area contributed by atoms with E-state index in [9.17, 15) is 25.3 Å². The highest BCUT2D eigenvalue weighted by Crippen LogP contribution is 2.42. The van der Waals surface area contributed by atoms with Gasteiger partial charge in [0.2, 0.25) is 6.20 Å². The molecule has 6 rings (SSSR count). The summed E-state index contributed by atoms with van der Waals surface area (Å²) in [5.74, 6) is -3.07. The maximum atomic E-state index is 15.0. The van der Waals surface area contributed by atoms with Crippen LogP contribution in [0.25, 0.3) is 11.1 Å². The fraction of sp³-hybridized carbons (Fsp3) is 0.746. The number of hydrogen-bond donors (Lipinski definition) is 4. The predicted octanol–water partition coefficient (Wildman–Crippen LogP) is 7.41. The maximum absolute atomic E-state index is 15.0. The van der Waals surface area contributed by atoms with Crippen LogP contribution in [0.5, 0.6) is 0 Å². The average molecular weight is 1160 g/mol. The Hall–Kier alpha value is -3.91. The minimum atomic E-state index is -1.89. The number of aromatic nitrogens is 4. The molecule has 22 heteroatoms. The lowest BCUT2D eigenvalue weighted by Gasteiger charge is -2.49. The Morgan fingerprint density at radius 2 is 1.63 bits per heavy atom. The number of nitrogens with zero attached hydrogens (tertiary/aromatic N) is 6. The molecular weight excluding hydrogens is 1070 g/mol. The van der Waals surface area contributed by atoms with Gasteiger partial charge in [-0.05, 0) is 91.3 Å². The van der Waals surface area contributed by atoms with Crippen LogP contribution in [-0.2, 0) is 60.6 Å². The topological polar surface area (TPSA) is 231 Å². The van der Waals surface area contributed by atoms with Gasteiger partial charge in [-0.15, -0.1) is 16.9 Å².